The molecule has 2 heterocycles. The van der Waals surface area contributed by atoms with Crippen molar-refractivity contribution in [2.75, 3.05) is 19.7 Å². The van der Waals surface area contributed by atoms with Gasteiger partial charge in [-0.1, -0.05) is 5.11 Å². The molecule has 0 radical (unpaired) electrons. The van der Waals surface area contributed by atoms with Gasteiger partial charge in [0.25, 0.3) is 0 Å². The van der Waals surface area contributed by atoms with Gasteiger partial charge in [0.15, 0.2) is 12.6 Å². The summed E-state index contributed by atoms with van der Waals surface area (Å²) in [6.45, 7) is -1.19. The summed E-state index contributed by atoms with van der Waals surface area (Å²) in [5.41, 5.74) is 36.9. The Labute approximate surface area is 211 Å². The minimum Gasteiger partial charge on any atom is -0.394 e. The maximum absolute atomic E-state index is 11.2. The third-order valence-corrected chi connectivity index (χ3v) is 7.18. The second kappa shape index (κ2) is 12.3. The van der Waals surface area contributed by atoms with E-state index in [4.69, 9.17) is 53.1 Å². The first kappa shape index (κ1) is 30.3. The van der Waals surface area contributed by atoms with E-state index in [1.54, 1.807) is 0 Å². The smallest absolute Gasteiger partial charge is 0.186 e. The van der Waals surface area contributed by atoms with Gasteiger partial charge in [0, 0.05) is 17.5 Å². The van der Waals surface area contributed by atoms with Gasteiger partial charge in [-0.3, -0.25) is 0 Å². The molecule has 0 bridgehead atoms. The number of nitrogens with zero attached hydrogens (tertiary/aromatic N) is 3. The molecule has 0 aromatic heterocycles. The Bertz CT molecular complexity index is 811. The number of rotatable bonds is 8. The standard InChI is InChI=1S/C19H38N8O10/c20-2-6-11(30)12(31)9(23)17(34-6)36-15-5(21)1-19(24,4-28)16(14(15)33)37-18-13(32)8(22)10(29)7(35-18)3-26-27-25/h5-18,28-33H,1-4,20-24H2/t5-,6+,7+,8-,9+,10+,11+,12+,13+,14-,15+,16+,17+,18+,19-/m0/s1. The molecule has 16 N–H and O–H groups in total. The van der Waals surface area contributed by atoms with Gasteiger partial charge in [-0.05, 0) is 12.0 Å². The molecule has 2 saturated heterocycles. The van der Waals surface area contributed by atoms with Crippen molar-refractivity contribution in [3.8, 4) is 0 Å². The predicted octanol–water partition coefficient (Wildman–Crippen LogP) is -6.64. The van der Waals surface area contributed by atoms with Crippen molar-refractivity contribution in [1.82, 2.24) is 0 Å². The normalized spacial score (nSPS) is 50.9. The molecule has 0 spiro atoms. The van der Waals surface area contributed by atoms with Crippen molar-refractivity contribution in [2.45, 2.75) is 97.6 Å². The first-order chi connectivity index (χ1) is 17.4. The van der Waals surface area contributed by atoms with Crippen LogP contribution in [-0.2, 0) is 18.9 Å². The molecule has 214 valence electrons. The van der Waals surface area contributed by atoms with Gasteiger partial charge in [0.05, 0.1) is 43.0 Å². The van der Waals surface area contributed by atoms with Crippen LogP contribution in [0.3, 0.4) is 0 Å². The lowest BCUT2D eigenvalue weighted by molar-refractivity contribution is -0.323. The van der Waals surface area contributed by atoms with Crippen LogP contribution in [0.4, 0.5) is 0 Å². The molecule has 0 unspecified atom stereocenters. The fourth-order valence-corrected chi connectivity index (χ4v) is 4.90. The average molecular weight is 539 g/mol. The van der Waals surface area contributed by atoms with Crippen LogP contribution in [0.5, 0.6) is 0 Å². The van der Waals surface area contributed by atoms with Crippen LogP contribution in [0, 0.1) is 0 Å². The van der Waals surface area contributed by atoms with Crippen molar-refractivity contribution < 1.29 is 49.6 Å². The van der Waals surface area contributed by atoms with E-state index in [9.17, 15) is 30.6 Å². The van der Waals surface area contributed by atoms with Crippen molar-refractivity contribution in [3.63, 3.8) is 0 Å². The maximum Gasteiger partial charge on any atom is 0.186 e. The van der Waals surface area contributed by atoms with Gasteiger partial charge < -0.3 is 78.3 Å². The SMILES string of the molecule is [N-]=[N+]=NC[C@H]1O[C@H](O[C@@H]2[C@@H](O)[C@H](O[C@H]3O[C@H](CN)[C@@H](O)[C@H](O)[C@H]3N)[C@@H](N)C[C@]2(N)CO)[C@H](O)[C@@H](N)[C@@H]1O. The number of hydrogen-bond donors (Lipinski definition) is 11. The summed E-state index contributed by atoms with van der Waals surface area (Å²) in [7, 11) is 0. The van der Waals surface area contributed by atoms with Crippen LogP contribution in [0.2, 0.25) is 0 Å². The van der Waals surface area contributed by atoms with Gasteiger partial charge in [-0.15, -0.1) is 0 Å². The molecule has 0 aromatic carbocycles. The molecule has 0 aromatic rings. The van der Waals surface area contributed by atoms with Crippen molar-refractivity contribution in [3.05, 3.63) is 10.4 Å². The van der Waals surface area contributed by atoms with Crippen LogP contribution >= 0.6 is 0 Å². The van der Waals surface area contributed by atoms with E-state index in [0.717, 1.165) is 0 Å². The zero-order valence-electron chi connectivity index (χ0n) is 20.0. The lowest BCUT2D eigenvalue weighted by atomic mass is 9.74. The van der Waals surface area contributed by atoms with E-state index in [2.05, 4.69) is 10.0 Å². The molecule has 1 saturated carbocycles. The maximum atomic E-state index is 11.2. The molecule has 3 rings (SSSR count). The van der Waals surface area contributed by atoms with E-state index < -0.39 is 97.8 Å². The Morgan fingerprint density at radius 3 is 2.14 bits per heavy atom. The second-order valence-corrected chi connectivity index (χ2v) is 9.76. The van der Waals surface area contributed by atoms with Gasteiger partial charge in [0.2, 0.25) is 0 Å². The number of nitrogens with two attached hydrogens (primary N) is 5. The molecule has 0 amide bonds. The summed E-state index contributed by atoms with van der Waals surface area (Å²) >= 11 is 0. The summed E-state index contributed by atoms with van der Waals surface area (Å²) in [6, 6.07) is -3.49. The van der Waals surface area contributed by atoms with E-state index in [1.165, 1.54) is 0 Å². The number of hydrogen-bond acceptors (Lipinski definition) is 16. The van der Waals surface area contributed by atoms with Crippen molar-refractivity contribution in [2.24, 2.45) is 33.8 Å². The minimum absolute atomic E-state index is 0.150. The fourth-order valence-electron chi connectivity index (χ4n) is 4.90. The first-order valence-electron chi connectivity index (χ1n) is 11.8. The molecule has 18 nitrogen and oxygen atoms in total. The Kier molecular flexibility index (Phi) is 10.0. The summed E-state index contributed by atoms with van der Waals surface area (Å²) in [6.07, 6.45) is -15.4. The third kappa shape index (κ3) is 5.99. The average Bonchev–Trinajstić information content (AvgIpc) is 2.87. The molecule has 15 atom stereocenters. The monoisotopic (exact) mass is 538 g/mol. The largest absolute Gasteiger partial charge is 0.394 e. The lowest BCUT2D eigenvalue weighted by Gasteiger charge is -2.52. The van der Waals surface area contributed by atoms with Crippen LogP contribution in [0.1, 0.15) is 6.42 Å². The number of ether oxygens (including phenoxy) is 4. The highest BCUT2D eigenvalue weighted by Gasteiger charge is 2.56. The Hall–Kier alpha value is -1.29. The topological polar surface area (TPSA) is 337 Å². The Morgan fingerprint density at radius 2 is 1.54 bits per heavy atom. The van der Waals surface area contributed by atoms with Gasteiger partial charge in [-0.2, -0.15) is 0 Å². The second-order valence-electron chi connectivity index (χ2n) is 9.76. The van der Waals surface area contributed by atoms with Crippen LogP contribution < -0.4 is 28.7 Å². The Morgan fingerprint density at radius 1 is 0.892 bits per heavy atom. The number of aliphatic hydroxyl groups excluding tert-OH is 6. The highest BCUT2D eigenvalue weighted by molar-refractivity contribution is 5.09. The van der Waals surface area contributed by atoms with E-state index in [1.807, 2.05) is 0 Å². The fraction of sp³-hybridized carbons (Fsp3) is 1.00. The van der Waals surface area contributed by atoms with Gasteiger partial charge in [0.1, 0.15) is 42.7 Å². The van der Waals surface area contributed by atoms with Gasteiger partial charge in [-0.25, -0.2) is 0 Å². The number of aliphatic hydroxyl groups is 6. The van der Waals surface area contributed by atoms with Crippen molar-refractivity contribution in [1.29, 1.82) is 0 Å². The molecule has 3 aliphatic rings. The van der Waals surface area contributed by atoms with Crippen LogP contribution in [-0.4, -0.2) is 142 Å². The zero-order chi connectivity index (χ0) is 27.7. The van der Waals surface area contributed by atoms with E-state index >= 15 is 0 Å². The highest BCUT2D eigenvalue weighted by Crippen LogP contribution is 2.35. The highest BCUT2D eigenvalue weighted by atomic mass is 16.7. The van der Waals surface area contributed by atoms with Crippen molar-refractivity contribution >= 4 is 0 Å². The molecule has 18 heteroatoms. The summed E-state index contributed by atoms with van der Waals surface area (Å²) in [4.78, 5) is 2.60. The number of azide groups is 1. The lowest BCUT2D eigenvalue weighted by Crippen LogP contribution is -2.74. The van der Waals surface area contributed by atoms with Crippen LogP contribution in [0.25, 0.3) is 10.4 Å². The quantitative estimate of drug-likeness (QED) is 0.0776. The first-order valence-corrected chi connectivity index (χ1v) is 11.8. The summed E-state index contributed by atoms with van der Waals surface area (Å²) in [5.74, 6) is 0. The summed E-state index contributed by atoms with van der Waals surface area (Å²) < 4.78 is 22.8. The Balaban J connectivity index is 1.82. The predicted molar refractivity (Wildman–Crippen MR) is 123 cm³/mol. The molecule has 3 fully saturated rings. The molecule has 2 aliphatic heterocycles. The summed E-state index contributed by atoms with van der Waals surface area (Å²) in [5, 5.41) is 65.8. The third-order valence-electron chi connectivity index (χ3n) is 7.18. The molecular formula is C19H38N8O10. The zero-order valence-corrected chi connectivity index (χ0v) is 20.0. The minimum atomic E-state index is -1.66. The van der Waals surface area contributed by atoms with Crippen LogP contribution in [0.15, 0.2) is 5.11 Å². The molecular weight excluding hydrogens is 500 g/mol. The van der Waals surface area contributed by atoms with E-state index in [0.29, 0.717) is 0 Å². The van der Waals surface area contributed by atoms with Gasteiger partial charge >= 0.3 is 0 Å². The molecule has 1 aliphatic carbocycles. The van der Waals surface area contributed by atoms with E-state index in [-0.39, 0.29) is 19.5 Å². The molecule has 37 heavy (non-hydrogen) atoms.